The highest BCUT2D eigenvalue weighted by Gasteiger charge is 2.52. The molecule has 0 aliphatic rings. The first kappa shape index (κ1) is 29.5. The number of ketones is 1. The van der Waals surface area contributed by atoms with Gasteiger partial charge in [0, 0.05) is 24.8 Å². The zero-order valence-electron chi connectivity index (χ0n) is 22.5. The summed E-state index contributed by atoms with van der Waals surface area (Å²) in [6.45, 7) is 26.0. The molecule has 0 rings (SSSR count). The molecule has 3 unspecified atom stereocenters. The van der Waals surface area contributed by atoms with Gasteiger partial charge in [-0.05, 0) is 41.4 Å². The largest absolute Gasteiger partial charge is 0.349 e. The summed E-state index contributed by atoms with van der Waals surface area (Å²) in [7, 11) is 3.63. The molecule has 0 saturated heterocycles. The molecule has 0 fully saturated rings. The van der Waals surface area contributed by atoms with Crippen molar-refractivity contribution in [3.8, 4) is 0 Å². The van der Waals surface area contributed by atoms with Gasteiger partial charge < -0.3 is 4.90 Å². The number of carbonyl (C=O) groups is 2. The van der Waals surface area contributed by atoms with E-state index in [1.807, 2.05) is 27.9 Å². The standard InChI is InChI=1S/C26H51NO2S/c1-15-26(12,17-20(25(10,11)30)21(29)27(13)14)24(8,9)19(18(2)28)16-23(6,7)22(3,4)5/h19-20,30H,15-17H2,1-14H3. The van der Waals surface area contributed by atoms with Gasteiger partial charge in [0.15, 0.2) is 0 Å². The van der Waals surface area contributed by atoms with Gasteiger partial charge in [-0.15, -0.1) is 0 Å². The van der Waals surface area contributed by atoms with Crippen LogP contribution in [0, 0.1) is 33.5 Å². The second-order valence-corrected chi connectivity index (χ2v) is 13.9. The predicted molar refractivity (Wildman–Crippen MR) is 134 cm³/mol. The molecule has 0 aromatic rings. The Hall–Kier alpha value is -0.510. The molecular weight excluding hydrogens is 390 g/mol. The number of rotatable bonds is 10. The molecule has 3 nitrogen and oxygen atoms in total. The average molecular weight is 442 g/mol. The third-order valence-electron chi connectivity index (χ3n) is 8.69. The Kier molecular flexibility index (Phi) is 9.38. The molecule has 178 valence electrons. The first-order valence-electron chi connectivity index (χ1n) is 11.5. The minimum absolute atomic E-state index is 0.0108. The minimum atomic E-state index is -0.440. The minimum Gasteiger partial charge on any atom is -0.349 e. The smallest absolute Gasteiger partial charge is 0.226 e. The maximum atomic E-state index is 13.1. The van der Waals surface area contributed by atoms with Crippen LogP contribution in [0.3, 0.4) is 0 Å². The number of hydrogen-bond donors (Lipinski definition) is 1. The SMILES string of the molecule is CCC(C)(CC(C(=O)N(C)C)C(C)(C)S)C(C)(C)C(CC(C)(C)C(C)(C)C)C(C)=O. The lowest BCUT2D eigenvalue weighted by atomic mass is 9.51. The van der Waals surface area contributed by atoms with E-state index in [1.165, 1.54) is 0 Å². The second-order valence-electron chi connectivity index (χ2n) is 12.8. The molecule has 0 spiro atoms. The monoisotopic (exact) mass is 441 g/mol. The van der Waals surface area contributed by atoms with Gasteiger partial charge in [0.2, 0.25) is 5.91 Å². The second kappa shape index (κ2) is 9.55. The van der Waals surface area contributed by atoms with Crippen molar-refractivity contribution >= 4 is 24.3 Å². The van der Waals surface area contributed by atoms with Crippen LogP contribution in [-0.2, 0) is 9.59 Å². The highest BCUT2D eigenvalue weighted by Crippen LogP contribution is 2.56. The highest BCUT2D eigenvalue weighted by molar-refractivity contribution is 7.81. The summed E-state index contributed by atoms with van der Waals surface area (Å²) in [4.78, 5) is 27.8. The fourth-order valence-electron chi connectivity index (χ4n) is 4.41. The van der Waals surface area contributed by atoms with Crippen LogP contribution in [0.25, 0.3) is 0 Å². The summed E-state index contributed by atoms with van der Waals surface area (Å²) in [5, 5.41) is 0. The molecule has 0 bridgehead atoms. The first-order valence-corrected chi connectivity index (χ1v) is 11.9. The van der Waals surface area contributed by atoms with Gasteiger partial charge in [-0.1, -0.05) is 82.6 Å². The summed E-state index contributed by atoms with van der Waals surface area (Å²) in [6.07, 6.45) is 2.45. The zero-order valence-corrected chi connectivity index (χ0v) is 23.4. The van der Waals surface area contributed by atoms with Crippen LogP contribution in [-0.4, -0.2) is 35.4 Å². The average Bonchev–Trinajstić information content (AvgIpc) is 2.53. The normalized spacial score (nSPS) is 17.8. The third kappa shape index (κ3) is 6.50. The van der Waals surface area contributed by atoms with E-state index in [4.69, 9.17) is 12.6 Å². The number of carbonyl (C=O) groups excluding carboxylic acids is 2. The van der Waals surface area contributed by atoms with E-state index in [-0.39, 0.29) is 45.2 Å². The van der Waals surface area contributed by atoms with Crippen molar-refractivity contribution < 1.29 is 9.59 Å². The fraction of sp³-hybridized carbons (Fsp3) is 0.923. The molecule has 0 radical (unpaired) electrons. The number of hydrogen-bond acceptors (Lipinski definition) is 3. The van der Waals surface area contributed by atoms with Crippen LogP contribution in [0.1, 0.15) is 102 Å². The van der Waals surface area contributed by atoms with Crippen molar-refractivity contribution in [2.75, 3.05) is 14.1 Å². The molecule has 0 heterocycles. The molecule has 30 heavy (non-hydrogen) atoms. The number of amides is 1. The highest BCUT2D eigenvalue weighted by atomic mass is 32.1. The Morgan fingerprint density at radius 3 is 1.53 bits per heavy atom. The summed E-state index contributed by atoms with van der Waals surface area (Å²) in [5.74, 6) is 0.0654. The lowest BCUT2D eigenvalue weighted by Crippen LogP contribution is -2.50. The van der Waals surface area contributed by atoms with Crippen molar-refractivity contribution in [3.63, 3.8) is 0 Å². The van der Waals surface area contributed by atoms with E-state index in [9.17, 15) is 9.59 Å². The molecule has 0 aliphatic carbocycles. The maximum absolute atomic E-state index is 13.1. The van der Waals surface area contributed by atoms with Crippen LogP contribution in [0.4, 0.5) is 0 Å². The summed E-state index contributed by atoms with van der Waals surface area (Å²) < 4.78 is -0.440. The summed E-state index contributed by atoms with van der Waals surface area (Å²) in [5.41, 5.74) is -0.347. The Bertz CT molecular complexity index is 608. The van der Waals surface area contributed by atoms with Crippen LogP contribution >= 0.6 is 12.6 Å². The van der Waals surface area contributed by atoms with Crippen LogP contribution in [0.5, 0.6) is 0 Å². The third-order valence-corrected chi connectivity index (χ3v) is 9.00. The summed E-state index contributed by atoms with van der Waals surface area (Å²) >= 11 is 4.81. The zero-order chi connectivity index (χ0) is 24.5. The summed E-state index contributed by atoms with van der Waals surface area (Å²) in [6, 6.07) is 0. The Balaban J connectivity index is 6.33. The Morgan fingerprint density at radius 1 is 0.833 bits per heavy atom. The number of Topliss-reactive ketones (excluding diaryl/α,β-unsaturated/α-hetero) is 1. The molecule has 3 atom stereocenters. The van der Waals surface area contributed by atoms with E-state index in [0.29, 0.717) is 6.42 Å². The molecule has 0 aromatic heterocycles. The molecule has 1 amide bonds. The first-order chi connectivity index (χ1) is 13.0. The van der Waals surface area contributed by atoms with Gasteiger partial charge in [-0.2, -0.15) is 12.6 Å². The van der Waals surface area contributed by atoms with Crippen LogP contribution < -0.4 is 0 Å². The number of nitrogens with zero attached hydrogens (tertiary/aromatic N) is 1. The molecule has 0 aromatic carbocycles. The predicted octanol–water partition coefficient (Wildman–Crippen LogP) is 6.90. The van der Waals surface area contributed by atoms with Gasteiger partial charge in [-0.3, -0.25) is 9.59 Å². The molecule has 0 aliphatic heterocycles. The van der Waals surface area contributed by atoms with E-state index < -0.39 is 4.75 Å². The van der Waals surface area contributed by atoms with Crippen molar-refractivity contribution in [2.24, 2.45) is 33.5 Å². The lowest BCUT2D eigenvalue weighted by molar-refractivity contribution is -0.139. The molecule has 0 saturated carbocycles. The molecular formula is C26H51NO2S. The van der Waals surface area contributed by atoms with Crippen molar-refractivity contribution in [1.82, 2.24) is 4.90 Å². The van der Waals surface area contributed by atoms with Crippen LogP contribution in [0.15, 0.2) is 0 Å². The lowest BCUT2D eigenvalue weighted by Gasteiger charge is -2.53. The van der Waals surface area contributed by atoms with Gasteiger partial charge in [0.05, 0.1) is 5.92 Å². The maximum Gasteiger partial charge on any atom is 0.226 e. The Labute approximate surface area is 193 Å². The molecule has 4 heteroatoms. The molecule has 0 N–H and O–H groups in total. The van der Waals surface area contributed by atoms with Gasteiger partial charge in [0.1, 0.15) is 5.78 Å². The van der Waals surface area contributed by atoms with E-state index in [1.54, 1.807) is 11.8 Å². The van der Waals surface area contributed by atoms with Crippen molar-refractivity contribution in [3.05, 3.63) is 0 Å². The van der Waals surface area contributed by atoms with Crippen molar-refractivity contribution in [2.45, 2.75) is 107 Å². The van der Waals surface area contributed by atoms with Gasteiger partial charge in [-0.25, -0.2) is 0 Å². The fourth-order valence-corrected chi connectivity index (χ4v) is 4.61. The van der Waals surface area contributed by atoms with Gasteiger partial charge >= 0.3 is 0 Å². The van der Waals surface area contributed by atoms with Crippen LogP contribution in [0.2, 0.25) is 0 Å². The Morgan fingerprint density at radius 2 is 1.27 bits per heavy atom. The quantitative estimate of drug-likeness (QED) is 0.374. The van der Waals surface area contributed by atoms with E-state index in [0.717, 1.165) is 12.8 Å². The number of thiol groups is 1. The van der Waals surface area contributed by atoms with E-state index >= 15 is 0 Å². The van der Waals surface area contributed by atoms with Gasteiger partial charge in [0.25, 0.3) is 0 Å². The van der Waals surface area contributed by atoms with E-state index in [2.05, 4.69) is 62.3 Å². The van der Waals surface area contributed by atoms with Crippen molar-refractivity contribution in [1.29, 1.82) is 0 Å². The topological polar surface area (TPSA) is 37.4 Å².